The van der Waals surface area contributed by atoms with Crippen LogP contribution < -0.4 is 0 Å². The smallest absolute Gasteiger partial charge is 0.216 e. The van der Waals surface area contributed by atoms with E-state index in [0.29, 0.717) is 10.8 Å². The van der Waals surface area contributed by atoms with Crippen LogP contribution >= 0.6 is 0 Å². The molecule has 2 aromatic carbocycles. The van der Waals surface area contributed by atoms with Crippen LogP contribution in [0.1, 0.15) is 32.0 Å². The van der Waals surface area contributed by atoms with Gasteiger partial charge in [0.2, 0.25) is 11.6 Å². The number of ketones is 2. The van der Waals surface area contributed by atoms with E-state index in [2.05, 4.69) is 5.10 Å². The number of phenolic OH excluding ortho intramolecular Hbond substituents is 2. The lowest BCUT2D eigenvalue weighted by atomic mass is 9.84. The predicted molar refractivity (Wildman–Crippen MR) is 77.4 cm³/mol. The van der Waals surface area contributed by atoms with Crippen LogP contribution in [0.25, 0.3) is 10.8 Å². The van der Waals surface area contributed by atoms with Gasteiger partial charge < -0.3 is 10.2 Å². The lowest BCUT2D eigenvalue weighted by Gasteiger charge is -2.19. The maximum Gasteiger partial charge on any atom is 0.216 e. The van der Waals surface area contributed by atoms with E-state index in [0.717, 1.165) is 0 Å². The molecule has 0 fully saturated rings. The minimum Gasteiger partial charge on any atom is -0.506 e. The second-order valence-corrected chi connectivity index (χ2v) is 5.18. The normalized spacial score (nSPS) is 13.3. The average molecular weight is 294 g/mol. The zero-order chi connectivity index (χ0) is 15.6. The van der Waals surface area contributed by atoms with Crippen LogP contribution in [-0.2, 0) is 7.05 Å². The Morgan fingerprint density at radius 3 is 2.09 bits per heavy atom. The summed E-state index contributed by atoms with van der Waals surface area (Å²) in [4.78, 5) is 25.3. The fourth-order valence-corrected chi connectivity index (χ4v) is 2.97. The zero-order valence-corrected chi connectivity index (χ0v) is 11.5. The average Bonchev–Trinajstić information content (AvgIpc) is 2.91. The van der Waals surface area contributed by atoms with Crippen LogP contribution in [0, 0.1) is 0 Å². The fraction of sp³-hybridized carbons (Fsp3) is 0.0625. The number of nitrogens with zero attached hydrogens (tertiary/aromatic N) is 2. The van der Waals surface area contributed by atoms with Crippen LogP contribution in [0.4, 0.5) is 0 Å². The topological polar surface area (TPSA) is 92.4 Å². The van der Waals surface area contributed by atoms with Crippen molar-refractivity contribution in [3.8, 4) is 11.5 Å². The number of carbonyl (C=O) groups is 2. The summed E-state index contributed by atoms with van der Waals surface area (Å²) in [5, 5.41) is 25.5. The molecule has 4 rings (SSSR count). The molecule has 6 heteroatoms. The summed E-state index contributed by atoms with van der Waals surface area (Å²) >= 11 is 0. The molecule has 0 saturated carbocycles. The van der Waals surface area contributed by atoms with Crippen LogP contribution in [0.5, 0.6) is 11.5 Å². The van der Waals surface area contributed by atoms with Crippen molar-refractivity contribution < 1.29 is 19.8 Å². The quantitative estimate of drug-likeness (QED) is 0.482. The van der Waals surface area contributed by atoms with Gasteiger partial charge in [0.15, 0.2) is 0 Å². The molecule has 1 aliphatic carbocycles. The second kappa shape index (κ2) is 3.94. The maximum atomic E-state index is 12.7. The first kappa shape index (κ1) is 12.6. The third-order valence-electron chi connectivity index (χ3n) is 4.01. The number of phenols is 2. The van der Waals surface area contributed by atoms with Crippen LogP contribution in [-0.4, -0.2) is 31.6 Å². The van der Waals surface area contributed by atoms with Gasteiger partial charge in [0.05, 0.1) is 22.9 Å². The van der Waals surface area contributed by atoms with E-state index in [4.69, 9.17) is 0 Å². The highest BCUT2D eigenvalue weighted by Gasteiger charge is 2.38. The van der Waals surface area contributed by atoms with Crippen molar-refractivity contribution in [2.24, 2.45) is 7.05 Å². The van der Waals surface area contributed by atoms with Gasteiger partial charge in [-0.1, -0.05) is 24.3 Å². The molecule has 0 aliphatic heterocycles. The van der Waals surface area contributed by atoms with Crippen LogP contribution in [0.3, 0.4) is 0 Å². The number of aromatic hydroxyl groups is 2. The number of hydrogen-bond donors (Lipinski definition) is 2. The number of rotatable bonds is 0. The molecule has 0 unspecified atom stereocenters. The minimum atomic E-state index is -0.525. The molecule has 3 aromatic rings. The van der Waals surface area contributed by atoms with Gasteiger partial charge in [-0.15, -0.1) is 0 Å². The first-order chi connectivity index (χ1) is 10.5. The first-order valence-corrected chi connectivity index (χ1v) is 6.60. The molecule has 108 valence electrons. The van der Waals surface area contributed by atoms with Gasteiger partial charge in [0, 0.05) is 17.8 Å². The molecule has 0 amide bonds. The number of aryl methyl sites for hydroxylation is 1. The molecule has 0 saturated heterocycles. The molecule has 1 aliphatic rings. The summed E-state index contributed by atoms with van der Waals surface area (Å²) in [6, 6.07) is 6.53. The standard InChI is InChI=1S/C16H10N2O4/c1-18-12-9(6-17-18)15(21)10-11(16(12)22)14(20)8-5-3-2-4-7(8)13(10)19/h2-6,19-20H,1H3. The van der Waals surface area contributed by atoms with E-state index in [1.54, 1.807) is 31.3 Å². The van der Waals surface area contributed by atoms with Crippen molar-refractivity contribution in [2.75, 3.05) is 0 Å². The largest absolute Gasteiger partial charge is 0.506 e. The lowest BCUT2D eigenvalue weighted by Crippen LogP contribution is -2.22. The van der Waals surface area contributed by atoms with Gasteiger partial charge in [-0.3, -0.25) is 14.3 Å². The highest BCUT2D eigenvalue weighted by atomic mass is 16.3. The van der Waals surface area contributed by atoms with Gasteiger partial charge in [-0.2, -0.15) is 5.10 Å². The van der Waals surface area contributed by atoms with E-state index >= 15 is 0 Å². The summed E-state index contributed by atoms with van der Waals surface area (Å²) < 4.78 is 1.30. The molecule has 0 bridgehead atoms. The summed E-state index contributed by atoms with van der Waals surface area (Å²) in [6.07, 6.45) is 1.30. The molecule has 22 heavy (non-hydrogen) atoms. The maximum absolute atomic E-state index is 12.7. The van der Waals surface area contributed by atoms with E-state index in [-0.39, 0.29) is 33.9 Å². The van der Waals surface area contributed by atoms with Crippen molar-refractivity contribution in [3.63, 3.8) is 0 Å². The summed E-state index contributed by atoms with van der Waals surface area (Å²) in [5.41, 5.74) is -0.0912. The molecule has 0 spiro atoms. The van der Waals surface area contributed by atoms with Crippen molar-refractivity contribution >= 4 is 22.3 Å². The van der Waals surface area contributed by atoms with Gasteiger partial charge in [-0.25, -0.2) is 0 Å². The Hall–Kier alpha value is -3.15. The van der Waals surface area contributed by atoms with E-state index in [9.17, 15) is 19.8 Å². The van der Waals surface area contributed by atoms with E-state index in [1.807, 2.05) is 0 Å². The van der Waals surface area contributed by atoms with Crippen molar-refractivity contribution in [3.05, 3.63) is 52.8 Å². The summed E-state index contributed by atoms with van der Waals surface area (Å²) in [7, 11) is 1.55. The second-order valence-electron chi connectivity index (χ2n) is 5.18. The number of carbonyl (C=O) groups excluding carboxylic acids is 2. The monoisotopic (exact) mass is 294 g/mol. The molecule has 0 radical (unpaired) electrons. The molecular formula is C16H10N2O4. The van der Waals surface area contributed by atoms with E-state index < -0.39 is 11.6 Å². The fourth-order valence-electron chi connectivity index (χ4n) is 2.97. The Morgan fingerprint density at radius 2 is 1.50 bits per heavy atom. The predicted octanol–water partition coefficient (Wildman–Crippen LogP) is 1.76. The molecule has 2 N–H and O–H groups in total. The Labute approximate surface area is 124 Å². The third kappa shape index (κ3) is 1.31. The van der Waals surface area contributed by atoms with Crippen molar-refractivity contribution in [2.45, 2.75) is 0 Å². The van der Waals surface area contributed by atoms with Gasteiger partial charge in [-0.05, 0) is 0 Å². The molecular weight excluding hydrogens is 284 g/mol. The molecule has 1 aromatic heterocycles. The third-order valence-corrected chi connectivity index (χ3v) is 4.01. The van der Waals surface area contributed by atoms with Gasteiger partial charge in [0.25, 0.3) is 0 Å². The van der Waals surface area contributed by atoms with Crippen molar-refractivity contribution in [1.82, 2.24) is 9.78 Å². The highest BCUT2D eigenvalue weighted by Crippen LogP contribution is 2.43. The summed E-state index contributed by atoms with van der Waals surface area (Å²) in [6.45, 7) is 0. The number of fused-ring (bicyclic) bond motifs is 3. The zero-order valence-electron chi connectivity index (χ0n) is 11.5. The minimum absolute atomic E-state index is 0.113. The first-order valence-electron chi connectivity index (χ1n) is 6.60. The molecule has 1 heterocycles. The Balaban J connectivity index is 2.20. The lowest BCUT2D eigenvalue weighted by molar-refractivity contribution is 0.0969. The van der Waals surface area contributed by atoms with Gasteiger partial charge >= 0.3 is 0 Å². The van der Waals surface area contributed by atoms with Crippen LogP contribution in [0.15, 0.2) is 30.5 Å². The Kier molecular flexibility index (Phi) is 2.25. The van der Waals surface area contributed by atoms with Gasteiger partial charge in [0.1, 0.15) is 17.2 Å². The highest BCUT2D eigenvalue weighted by molar-refractivity contribution is 6.31. The summed E-state index contributed by atoms with van der Waals surface area (Å²) in [5.74, 6) is -1.63. The Bertz CT molecular complexity index is 1000. The van der Waals surface area contributed by atoms with E-state index in [1.165, 1.54) is 10.9 Å². The SMILES string of the molecule is Cn1ncc2c1C(=O)c1c(c(O)c3ccccc3c1O)C2=O. The van der Waals surface area contributed by atoms with Crippen LogP contribution in [0.2, 0.25) is 0 Å². The number of hydrogen-bond acceptors (Lipinski definition) is 5. The van der Waals surface area contributed by atoms with Crippen molar-refractivity contribution in [1.29, 1.82) is 0 Å². The number of aromatic nitrogens is 2. The Morgan fingerprint density at radius 1 is 0.955 bits per heavy atom. The molecule has 0 atom stereocenters. The number of benzene rings is 2. The molecule has 6 nitrogen and oxygen atoms in total.